The Morgan fingerprint density at radius 1 is 1.33 bits per heavy atom. The van der Waals surface area contributed by atoms with E-state index in [1.807, 2.05) is 6.07 Å². The summed E-state index contributed by atoms with van der Waals surface area (Å²) in [4.78, 5) is 4.41. The summed E-state index contributed by atoms with van der Waals surface area (Å²) in [5.41, 5.74) is 7.99. The minimum atomic E-state index is -0.203. The molecule has 1 aliphatic carbocycles. The molecule has 3 nitrogen and oxygen atoms in total. The van der Waals surface area contributed by atoms with Crippen LogP contribution in [0, 0.1) is 0 Å². The van der Waals surface area contributed by atoms with E-state index in [2.05, 4.69) is 11.1 Å². The van der Waals surface area contributed by atoms with E-state index >= 15 is 0 Å². The van der Waals surface area contributed by atoms with E-state index in [9.17, 15) is 0 Å². The fourth-order valence-electron chi connectivity index (χ4n) is 2.40. The normalized spacial score (nSPS) is 19.8. The first-order valence-electron chi connectivity index (χ1n) is 5.41. The molecular formula is C12H14N2O. The number of hydrogen-bond acceptors (Lipinski definition) is 3. The first-order valence-corrected chi connectivity index (χ1v) is 5.41. The molecule has 1 aliphatic rings. The fourth-order valence-corrected chi connectivity index (χ4v) is 2.40. The molecule has 0 bridgehead atoms. The van der Waals surface area contributed by atoms with Gasteiger partial charge in [0.15, 0.2) is 5.58 Å². The van der Waals surface area contributed by atoms with Gasteiger partial charge < -0.3 is 10.2 Å². The summed E-state index contributed by atoms with van der Waals surface area (Å²) in [5, 5.41) is 1.09. The van der Waals surface area contributed by atoms with Gasteiger partial charge >= 0.3 is 0 Å². The first-order chi connectivity index (χ1) is 7.28. The van der Waals surface area contributed by atoms with Crippen LogP contribution < -0.4 is 5.73 Å². The third-order valence-corrected chi connectivity index (χ3v) is 3.35. The van der Waals surface area contributed by atoms with Crippen LogP contribution in [0.2, 0.25) is 0 Å². The van der Waals surface area contributed by atoms with Gasteiger partial charge in [-0.2, -0.15) is 0 Å². The number of nitrogens with zero attached hydrogens (tertiary/aromatic N) is 1. The monoisotopic (exact) mass is 202 g/mol. The number of furan rings is 1. The average Bonchev–Trinajstić information content (AvgIpc) is 2.85. The van der Waals surface area contributed by atoms with Crippen molar-refractivity contribution in [2.75, 3.05) is 0 Å². The van der Waals surface area contributed by atoms with E-state index in [0.29, 0.717) is 0 Å². The van der Waals surface area contributed by atoms with E-state index in [-0.39, 0.29) is 5.54 Å². The molecule has 2 aromatic heterocycles. The van der Waals surface area contributed by atoms with Gasteiger partial charge in [0, 0.05) is 5.39 Å². The molecule has 78 valence electrons. The van der Waals surface area contributed by atoms with Crippen molar-refractivity contribution in [1.29, 1.82) is 0 Å². The van der Waals surface area contributed by atoms with E-state index < -0.39 is 0 Å². The van der Waals surface area contributed by atoms with Crippen LogP contribution >= 0.6 is 0 Å². The van der Waals surface area contributed by atoms with Gasteiger partial charge in [0.2, 0.25) is 0 Å². The lowest BCUT2D eigenvalue weighted by atomic mass is 9.93. The molecule has 0 unspecified atom stereocenters. The van der Waals surface area contributed by atoms with Crippen molar-refractivity contribution in [2.45, 2.75) is 31.2 Å². The second-order valence-corrected chi connectivity index (χ2v) is 4.39. The van der Waals surface area contributed by atoms with Gasteiger partial charge in [-0.3, -0.25) is 4.98 Å². The molecular weight excluding hydrogens is 188 g/mol. The van der Waals surface area contributed by atoms with Crippen molar-refractivity contribution in [1.82, 2.24) is 4.98 Å². The predicted octanol–water partition coefficient (Wildman–Crippen LogP) is 2.56. The summed E-state index contributed by atoms with van der Waals surface area (Å²) in [6, 6.07) is 4.02. The van der Waals surface area contributed by atoms with Crippen LogP contribution in [0.25, 0.3) is 11.0 Å². The second kappa shape index (κ2) is 3.07. The average molecular weight is 202 g/mol. The van der Waals surface area contributed by atoms with Crippen LogP contribution in [0.5, 0.6) is 0 Å². The Kier molecular flexibility index (Phi) is 1.83. The number of aromatic nitrogens is 1. The molecule has 0 saturated heterocycles. The molecule has 0 aliphatic heterocycles. The Bertz CT molecular complexity index is 483. The van der Waals surface area contributed by atoms with Crippen LogP contribution in [-0.2, 0) is 5.54 Å². The van der Waals surface area contributed by atoms with Crippen molar-refractivity contribution >= 4 is 11.0 Å². The molecule has 0 atom stereocenters. The van der Waals surface area contributed by atoms with Crippen LogP contribution in [0.4, 0.5) is 0 Å². The highest BCUT2D eigenvalue weighted by Crippen LogP contribution is 2.36. The van der Waals surface area contributed by atoms with Gasteiger partial charge in [-0.25, -0.2) is 0 Å². The third-order valence-electron chi connectivity index (χ3n) is 3.35. The molecule has 0 radical (unpaired) electrons. The zero-order chi connectivity index (χ0) is 10.3. The van der Waals surface area contributed by atoms with E-state index in [1.54, 1.807) is 12.5 Å². The zero-order valence-electron chi connectivity index (χ0n) is 8.57. The Labute approximate surface area is 88.3 Å². The summed E-state index contributed by atoms with van der Waals surface area (Å²) in [5.74, 6) is 0. The molecule has 0 aromatic carbocycles. The van der Waals surface area contributed by atoms with Crippen molar-refractivity contribution < 1.29 is 4.42 Å². The number of hydrogen-bond donors (Lipinski definition) is 1. The lowest BCUT2D eigenvalue weighted by Gasteiger charge is -2.22. The maximum absolute atomic E-state index is 6.35. The minimum absolute atomic E-state index is 0.203. The maximum atomic E-state index is 6.35. The van der Waals surface area contributed by atoms with Crippen molar-refractivity contribution in [2.24, 2.45) is 5.73 Å². The van der Waals surface area contributed by atoms with Gasteiger partial charge in [-0.15, -0.1) is 0 Å². The van der Waals surface area contributed by atoms with Crippen molar-refractivity contribution in [3.05, 3.63) is 30.3 Å². The van der Waals surface area contributed by atoms with E-state index in [0.717, 1.165) is 29.5 Å². The number of pyridine rings is 1. The number of nitrogens with two attached hydrogens (primary N) is 1. The molecule has 2 heterocycles. The Morgan fingerprint density at radius 3 is 2.93 bits per heavy atom. The summed E-state index contributed by atoms with van der Waals surface area (Å²) in [6.45, 7) is 0. The predicted molar refractivity (Wildman–Crippen MR) is 58.3 cm³/mol. The van der Waals surface area contributed by atoms with Crippen LogP contribution in [0.15, 0.2) is 29.0 Å². The molecule has 3 heteroatoms. The van der Waals surface area contributed by atoms with Crippen molar-refractivity contribution in [3.63, 3.8) is 0 Å². The molecule has 0 spiro atoms. The van der Waals surface area contributed by atoms with E-state index in [4.69, 9.17) is 10.2 Å². The highest BCUT2D eigenvalue weighted by molar-refractivity contribution is 5.76. The second-order valence-electron chi connectivity index (χ2n) is 4.39. The van der Waals surface area contributed by atoms with Crippen LogP contribution in [-0.4, -0.2) is 4.98 Å². The molecule has 1 saturated carbocycles. The van der Waals surface area contributed by atoms with Gasteiger partial charge in [-0.05, 0) is 25.0 Å². The highest BCUT2D eigenvalue weighted by atomic mass is 16.3. The van der Waals surface area contributed by atoms with E-state index in [1.165, 1.54) is 12.8 Å². The highest BCUT2D eigenvalue weighted by Gasteiger charge is 2.32. The Hall–Kier alpha value is -1.35. The summed E-state index contributed by atoms with van der Waals surface area (Å²) in [7, 11) is 0. The smallest absolute Gasteiger partial charge is 0.152 e. The third kappa shape index (κ3) is 1.35. The molecule has 0 amide bonds. The topological polar surface area (TPSA) is 52.0 Å². The maximum Gasteiger partial charge on any atom is 0.152 e. The standard InChI is InChI=1S/C12H14N2O/c13-12(4-1-2-5-12)11-7-9-3-6-15-10(9)8-14-11/h3,6-8H,1-2,4-5,13H2. The van der Waals surface area contributed by atoms with Crippen LogP contribution in [0.1, 0.15) is 31.4 Å². The summed E-state index contributed by atoms with van der Waals surface area (Å²) >= 11 is 0. The van der Waals surface area contributed by atoms with Gasteiger partial charge in [0.1, 0.15) is 0 Å². The molecule has 2 aromatic rings. The summed E-state index contributed by atoms with van der Waals surface area (Å²) in [6.07, 6.45) is 7.97. The Morgan fingerprint density at radius 2 is 2.13 bits per heavy atom. The minimum Gasteiger partial charge on any atom is -0.463 e. The fraction of sp³-hybridized carbons (Fsp3) is 0.417. The van der Waals surface area contributed by atoms with Crippen LogP contribution in [0.3, 0.4) is 0 Å². The Balaban J connectivity index is 2.10. The van der Waals surface area contributed by atoms with Gasteiger partial charge in [0.05, 0.1) is 23.7 Å². The number of fused-ring (bicyclic) bond motifs is 1. The largest absolute Gasteiger partial charge is 0.463 e. The summed E-state index contributed by atoms with van der Waals surface area (Å²) < 4.78 is 5.27. The van der Waals surface area contributed by atoms with Gasteiger partial charge in [-0.1, -0.05) is 12.8 Å². The molecule has 15 heavy (non-hydrogen) atoms. The SMILES string of the molecule is NC1(c2cc3ccoc3cn2)CCCC1. The van der Waals surface area contributed by atoms with Crippen molar-refractivity contribution in [3.8, 4) is 0 Å². The zero-order valence-corrected chi connectivity index (χ0v) is 8.57. The molecule has 2 N–H and O–H groups in total. The molecule has 1 fully saturated rings. The first kappa shape index (κ1) is 8.92. The lowest BCUT2D eigenvalue weighted by Crippen LogP contribution is -2.34. The lowest BCUT2D eigenvalue weighted by molar-refractivity contribution is 0.447. The number of rotatable bonds is 1. The molecule has 3 rings (SSSR count). The van der Waals surface area contributed by atoms with Gasteiger partial charge in [0.25, 0.3) is 0 Å². The quantitative estimate of drug-likeness (QED) is 0.773.